The molecule has 1 amide bonds. The third-order valence-corrected chi connectivity index (χ3v) is 5.28. The predicted octanol–water partition coefficient (Wildman–Crippen LogP) is 1.74. The summed E-state index contributed by atoms with van der Waals surface area (Å²) >= 11 is 1.87. The van der Waals surface area contributed by atoms with Gasteiger partial charge in [-0.3, -0.25) is 4.79 Å². The van der Waals surface area contributed by atoms with E-state index in [-0.39, 0.29) is 18.0 Å². The number of hydrogen-bond donors (Lipinski definition) is 0. The minimum atomic E-state index is -0.487. The second kappa shape index (κ2) is 7.21. The van der Waals surface area contributed by atoms with Gasteiger partial charge in [0.15, 0.2) is 0 Å². The van der Waals surface area contributed by atoms with Crippen LogP contribution in [-0.4, -0.2) is 59.1 Å². The Morgan fingerprint density at radius 2 is 2.22 bits per heavy atom. The summed E-state index contributed by atoms with van der Waals surface area (Å²) in [5.74, 6) is 2.10. The first-order chi connectivity index (χ1) is 11.2. The topological polar surface area (TPSA) is 68.7 Å². The number of amides is 1. The molecule has 1 aromatic heterocycles. The molecular weight excluding hydrogens is 316 g/mol. The molecule has 7 heteroatoms. The molecule has 0 bridgehead atoms. The van der Waals surface area contributed by atoms with Crippen LogP contribution in [0.4, 0.5) is 0 Å². The normalized spacial score (nSPS) is 23.8. The van der Waals surface area contributed by atoms with Gasteiger partial charge in [0, 0.05) is 24.6 Å². The highest BCUT2D eigenvalue weighted by molar-refractivity contribution is 7.99. The van der Waals surface area contributed by atoms with Gasteiger partial charge in [-0.05, 0) is 31.1 Å². The van der Waals surface area contributed by atoms with Crippen LogP contribution in [0.25, 0.3) is 0 Å². The van der Waals surface area contributed by atoms with Gasteiger partial charge in [-0.25, -0.2) is 9.78 Å². The summed E-state index contributed by atoms with van der Waals surface area (Å²) in [5.41, 5.74) is 0.467. The molecule has 1 aromatic rings. The molecule has 0 aliphatic carbocycles. The first kappa shape index (κ1) is 16.1. The van der Waals surface area contributed by atoms with E-state index in [1.165, 1.54) is 13.3 Å². The van der Waals surface area contributed by atoms with Crippen LogP contribution in [0.3, 0.4) is 0 Å². The van der Waals surface area contributed by atoms with Crippen molar-refractivity contribution in [3.8, 4) is 5.88 Å². The van der Waals surface area contributed by atoms with E-state index in [0.717, 1.165) is 24.3 Å². The maximum Gasteiger partial charge on any atom is 0.328 e. The number of carbonyl (C=O) groups is 2. The summed E-state index contributed by atoms with van der Waals surface area (Å²) in [6, 6.07) is 2.94. The standard InChI is InChI=1S/C16H20N2O4S/c1-21-16(20)13-3-2-7-18(13)15(19)11-4-5-14(17-9-11)22-12-6-8-23-10-12/h4-5,9,12-13H,2-3,6-8,10H2,1H3. The molecule has 2 unspecified atom stereocenters. The molecule has 3 rings (SSSR count). The monoisotopic (exact) mass is 336 g/mol. The van der Waals surface area contributed by atoms with Gasteiger partial charge in [-0.15, -0.1) is 0 Å². The molecule has 0 aromatic carbocycles. The predicted molar refractivity (Wildman–Crippen MR) is 86.7 cm³/mol. The molecule has 2 aliphatic rings. The number of ether oxygens (including phenoxy) is 2. The van der Waals surface area contributed by atoms with Crippen molar-refractivity contribution in [1.29, 1.82) is 0 Å². The van der Waals surface area contributed by atoms with E-state index in [4.69, 9.17) is 9.47 Å². The quantitative estimate of drug-likeness (QED) is 0.780. The Labute approximate surface area is 139 Å². The molecule has 0 N–H and O–H groups in total. The van der Waals surface area contributed by atoms with Crippen LogP contribution in [0.15, 0.2) is 18.3 Å². The first-order valence-electron chi connectivity index (χ1n) is 7.78. The lowest BCUT2D eigenvalue weighted by Crippen LogP contribution is -2.41. The maximum absolute atomic E-state index is 12.6. The van der Waals surface area contributed by atoms with Crippen LogP contribution in [0.1, 0.15) is 29.6 Å². The van der Waals surface area contributed by atoms with Gasteiger partial charge in [0.1, 0.15) is 12.1 Å². The molecule has 2 aliphatic heterocycles. The Bertz CT molecular complexity index is 572. The van der Waals surface area contributed by atoms with Crippen molar-refractivity contribution in [1.82, 2.24) is 9.88 Å². The lowest BCUT2D eigenvalue weighted by atomic mass is 10.2. The fourth-order valence-electron chi connectivity index (χ4n) is 2.91. The second-order valence-electron chi connectivity index (χ2n) is 5.67. The summed E-state index contributed by atoms with van der Waals surface area (Å²) in [7, 11) is 1.35. The van der Waals surface area contributed by atoms with Crippen LogP contribution < -0.4 is 4.74 Å². The second-order valence-corrected chi connectivity index (χ2v) is 6.82. The van der Waals surface area contributed by atoms with Gasteiger partial charge >= 0.3 is 5.97 Å². The summed E-state index contributed by atoms with van der Waals surface area (Å²) in [5, 5.41) is 0. The Hall–Kier alpha value is -1.76. The van der Waals surface area contributed by atoms with Crippen molar-refractivity contribution < 1.29 is 19.1 Å². The highest BCUT2D eigenvalue weighted by Crippen LogP contribution is 2.24. The maximum atomic E-state index is 12.6. The molecule has 0 spiro atoms. The molecule has 2 atom stereocenters. The Morgan fingerprint density at radius 3 is 2.87 bits per heavy atom. The van der Waals surface area contributed by atoms with E-state index in [0.29, 0.717) is 24.4 Å². The summed E-state index contributed by atoms with van der Waals surface area (Å²) in [4.78, 5) is 30.1. The van der Waals surface area contributed by atoms with Gasteiger partial charge in [0.2, 0.25) is 5.88 Å². The zero-order chi connectivity index (χ0) is 16.2. The van der Waals surface area contributed by atoms with E-state index in [1.807, 2.05) is 11.8 Å². The number of nitrogens with zero attached hydrogens (tertiary/aromatic N) is 2. The smallest absolute Gasteiger partial charge is 0.328 e. The van der Waals surface area contributed by atoms with Crippen LogP contribution in [0, 0.1) is 0 Å². The molecule has 23 heavy (non-hydrogen) atoms. The van der Waals surface area contributed by atoms with Crippen molar-refractivity contribution in [3.63, 3.8) is 0 Å². The number of likely N-dealkylation sites (tertiary alicyclic amines) is 1. The van der Waals surface area contributed by atoms with Crippen molar-refractivity contribution in [3.05, 3.63) is 23.9 Å². The van der Waals surface area contributed by atoms with Crippen molar-refractivity contribution in [2.75, 3.05) is 25.2 Å². The highest BCUT2D eigenvalue weighted by atomic mass is 32.2. The minimum absolute atomic E-state index is 0.187. The molecule has 2 fully saturated rings. The van der Waals surface area contributed by atoms with Crippen LogP contribution in [-0.2, 0) is 9.53 Å². The zero-order valence-electron chi connectivity index (χ0n) is 13.1. The Morgan fingerprint density at radius 1 is 1.35 bits per heavy atom. The van der Waals surface area contributed by atoms with Gasteiger partial charge < -0.3 is 14.4 Å². The van der Waals surface area contributed by atoms with Gasteiger partial charge in [0.05, 0.1) is 12.7 Å². The number of aromatic nitrogens is 1. The highest BCUT2D eigenvalue weighted by Gasteiger charge is 2.35. The van der Waals surface area contributed by atoms with Gasteiger partial charge in [-0.1, -0.05) is 0 Å². The van der Waals surface area contributed by atoms with Gasteiger partial charge in [-0.2, -0.15) is 11.8 Å². The summed E-state index contributed by atoms with van der Waals surface area (Å²) < 4.78 is 10.6. The molecule has 2 saturated heterocycles. The molecule has 3 heterocycles. The number of pyridine rings is 1. The number of carbonyl (C=O) groups excluding carboxylic acids is 2. The van der Waals surface area contributed by atoms with Crippen molar-refractivity contribution >= 4 is 23.6 Å². The third kappa shape index (κ3) is 3.60. The number of hydrogen-bond acceptors (Lipinski definition) is 6. The Balaban J connectivity index is 1.66. The van der Waals surface area contributed by atoms with Crippen molar-refractivity contribution in [2.45, 2.75) is 31.4 Å². The number of thioether (sulfide) groups is 1. The minimum Gasteiger partial charge on any atom is -0.473 e. The van der Waals surface area contributed by atoms with E-state index in [1.54, 1.807) is 17.0 Å². The average molecular weight is 336 g/mol. The molecule has 0 radical (unpaired) electrons. The van der Waals surface area contributed by atoms with Crippen LogP contribution >= 0.6 is 11.8 Å². The van der Waals surface area contributed by atoms with E-state index in [2.05, 4.69) is 4.98 Å². The SMILES string of the molecule is COC(=O)C1CCCN1C(=O)c1ccc(OC2CCSC2)nc1. The third-order valence-electron chi connectivity index (χ3n) is 4.15. The lowest BCUT2D eigenvalue weighted by Gasteiger charge is -2.22. The van der Waals surface area contributed by atoms with E-state index in [9.17, 15) is 9.59 Å². The largest absolute Gasteiger partial charge is 0.473 e. The number of rotatable bonds is 4. The van der Waals surface area contributed by atoms with Crippen LogP contribution in [0.5, 0.6) is 5.88 Å². The first-order valence-corrected chi connectivity index (χ1v) is 8.94. The lowest BCUT2D eigenvalue weighted by molar-refractivity contribution is -0.145. The summed E-state index contributed by atoms with van der Waals surface area (Å²) in [6.45, 7) is 0.566. The molecular formula is C16H20N2O4S. The zero-order valence-corrected chi connectivity index (χ0v) is 13.9. The van der Waals surface area contributed by atoms with E-state index >= 15 is 0 Å². The summed E-state index contributed by atoms with van der Waals surface area (Å²) in [6.07, 6.45) is 4.20. The van der Waals surface area contributed by atoms with E-state index < -0.39 is 6.04 Å². The average Bonchev–Trinajstić information content (AvgIpc) is 3.25. The fraction of sp³-hybridized carbons (Fsp3) is 0.562. The van der Waals surface area contributed by atoms with Crippen LogP contribution in [0.2, 0.25) is 0 Å². The number of methoxy groups -OCH3 is 1. The fourth-order valence-corrected chi connectivity index (χ4v) is 4.00. The van der Waals surface area contributed by atoms with Crippen molar-refractivity contribution in [2.24, 2.45) is 0 Å². The Kier molecular flexibility index (Phi) is 5.05. The molecule has 124 valence electrons. The number of esters is 1. The molecule has 0 saturated carbocycles. The molecule has 6 nitrogen and oxygen atoms in total. The van der Waals surface area contributed by atoms with Gasteiger partial charge in [0.25, 0.3) is 5.91 Å².